The van der Waals surface area contributed by atoms with Gasteiger partial charge in [0, 0.05) is 35.3 Å². The number of fused-ring (bicyclic) bond motifs is 1. The highest BCUT2D eigenvalue weighted by molar-refractivity contribution is 5.95. The third-order valence-corrected chi connectivity index (χ3v) is 6.77. The summed E-state index contributed by atoms with van der Waals surface area (Å²) in [5.41, 5.74) is 11.3. The maximum Gasteiger partial charge on any atom is 0.201 e. The summed E-state index contributed by atoms with van der Waals surface area (Å²) < 4.78 is 6.51. The lowest BCUT2D eigenvalue weighted by Gasteiger charge is -2.38. The van der Waals surface area contributed by atoms with Crippen LogP contribution in [0.4, 0.5) is 0 Å². The van der Waals surface area contributed by atoms with E-state index in [1.807, 2.05) is 66.7 Å². The topological polar surface area (TPSA) is 82.0 Å². The summed E-state index contributed by atoms with van der Waals surface area (Å²) in [5, 5.41) is 0.488. The van der Waals surface area contributed by atoms with Gasteiger partial charge in [-0.15, -0.1) is 12.4 Å². The highest BCUT2D eigenvalue weighted by Gasteiger charge is 2.34. The quantitative estimate of drug-likeness (QED) is 0.323. The van der Waals surface area contributed by atoms with E-state index in [4.69, 9.17) is 10.2 Å². The van der Waals surface area contributed by atoms with Crippen LogP contribution in [-0.4, -0.2) is 9.97 Å². The van der Waals surface area contributed by atoms with Crippen molar-refractivity contribution < 1.29 is 4.42 Å². The highest BCUT2D eigenvalue weighted by Crippen LogP contribution is 2.40. The number of benzene rings is 2. The second kappa shape index (κ2) is 9.10. The molecule has 5 aromatic rings. The predicted molar refractivity (Wildman–Crippen MR) is 141 cm³/mol. The minimum Gasteiger partial charge on any atom is -0.453 e. The molecule has 3 aromatic heterocycles. The van der Waals surface area contributed by atoms with Crippen LogP contribution in [0.2, 0.25) is 0 Å². The van der Waals surface area contributed by atoms with Gasteiger partial charge in [-0.05, 0) is 48.6 Å². The van der Waals surface area contributed by atoms with Crippen molar-refractivity contribution in [3.63, 3.8) is 0 Å². The number of pyridine rings is 2. The molecule has 174 valence electrons. The molecule has 2 N–H and O–H groups in total. The monoisotopic (exact) mass is 481 g/mol. The molecule has 0 spiro atoms. The second-order valence-corrected chi connectivity index (χ2v) is 8.87. The molecule has 5 nitrogen and oxygen atoms in total. The molecule has 35 heavy (non-hydrogen) atoms. The lowest BCUT2D eigenvalue weighted by Crippen LogP contribution is -2.43. The van der Waals surface area contributed by atoms with Gasteiger partial charge in [-0.3, -0.25) is 14.8 Å². The van der Waals surface area contributed by atoms with E-state index in [0.717, 1.165) is 41.5 Å². The average Bonchev–Trinajstić information content (AvgIpc) is 2.88. The summed E-state index contributed by atoms with van der Waals surface area (Å²) in [6.07, 6.45) is 8.20. The summed E-state index contributed by atoms with van der Waals surface area (Å²) in [5.74, 6) is 0.523. The van der Waals surface area contributed by atoms with Crippen LogP contribution in [0.25, 0.3) is 44.7 Å². The van der Waals surface area contributed by atoms with Crippen LogP contribution >= 0.6 is 12.4 Å². The van der Waals surface area contributed by atoms with E-state index < -0.39 is 0 Å². The van der Waals surface area contributed by atoms with Crippen LogP contribution in [0.1, 0.15) is 24.8 Å². The number of aromatic nitrogens is 2. The summed E-state index contributed by atoms with van der Waals surface area (Å²) in [7, 11) is 0. The molecule has 0 bridgehead atoms. The van der Waals surface area contributed by atoms with Gasteiger partial charge in [-0.1, -0.05) is 54.6 Å². The number of nitrogens with zero attached hydrogens (tertiary/aromatic N) is 2. The van der Waals surface area contributed by atoms with Crippen molar-refractivity contribution in [2.24, 2.45) is 5.73 Å². The number of halogens is 1. The fourth-order valence-corrected chi connectivity index (χ4v) is 4.70. The minimum atomic E-state index is -0.251. The Morgan fingerprint density at radius 2 is 1.57 bits per heavy atom. The Labute approximate surface area is 209 Å². The van der Waals surface area contributed by atoms with Crippen molar-refractivity contribution in [3.05, 3.63) is 107 Å². The number of nitrogens with two attached hydrogens (primary N) is 1. The van der Waals surface area contributed by atoms with Gasteiger partial charge in [0.25, 0.3) is 0 Å². The Morgan fingerprint density at radius 1 is 0.829 bits per heavy atom. The van der Waals surface area contributed by atoms with Crippen LogP contribution in [0, 0.1) is 0 Å². The lowest BCUT2D eigenvalue weighted by molar-refractivity contribution is 0.253. The molecule has 0 atom stereocenters. The second-order valence-electron chi connectivity index (χ2n) is 8.87. The van der Waals surface area contributed by atoms with Crippen LogP contribution in [-0.2, 0) is 5.54 Å². The van der Waals surface area contributed by atoms with Crippen molar-refractivity contribution >= 4 is 23.4 Å². The Hall–Kier alpha value is -3.80. The van der Waals surface area contributed by atoms with E-state index in [1.54, 1.807) is 24.7 Å². The summed E-state index contributed by atoms with van der Waals surface area (Å²) in [6, 6.07) is 23.2. The summed E-state index contributed by atoms with van der Waals surface area (Å²) >= 11 is 0. The van der Waals surface area contributed by atoms with Gasteiger partial charge in [0.2, 0.25) is 5.43 Å². The third-order valence-electron chi connectivity index (χ3n) is 6.77. The molecule has 1 aliphatic rings. The molecule has 0 aliphatic heterocycles. The largest absolute Gasteiger partial charge is 0.453 e. The molecular weight excluding hydrogens is 458 g/mol. The van der Waals surface area contributed by atoms with Gasteiger partial charge in [0.15, 0.2) is 5.58 Å². The van der Waals surface area contributed by atoms with Gasteiger partial charge in [-0.25, -0.2) is 0 Å². The molecule has 0 amide bonds. The van der Waals surface area contributed by atoms with E-state index in [-0.39, 0.29) is 23.4 Å². The Kier molecular flexibility index (Phi) is 5.97. The number of hydrogen-bond donors (Lipinski definition) is 1. The standard InChI is InChI=1S/C29H23N3O2.ClH/c30-29(14-5-15-29)22-11-9-19(10-12-22)24-26(33)23-13-17-32-25(21-8-4-16-31-18-21)28(23)34-27(24)20-6-2-1-3-7-20;/h1-4,6-13,16-18H,5,14-15,30H2;1H. The molecule has 0 unspecified atom stereocenters. The van der Waals surface area contributed by atoms with Gasteiger partial charge in [0.05, 0.1) is 10.9 Å². The van der Waals surface area contributed by atoms with Crippen LogP contribution in [0.3, 0.4) is 0 Å². The van der Waals surface area contributed by atoms with Gasteiger partial charge < -0.3 is 10.2 Å². The summed E-state index contributed by atoms with van der Waals surface area (Å²) in [4.78, 5) is 22.7. The van der Waals surface area contributed by atoms with Gasteiger partial charge in [-0.2, -0.15) is 0 Å². The molecule has 1 fully saturated rings. The van der Waals surface area contributed by atoms with Crippen molar-refractivity contribution in [3.8, 4) is 33.7 Å². The molecule has 2 aromatic carbocycles. The molecule has 6 rings (SSSR count). The maximum atomic E-state index is 13.9. The van der Waals surface area contributed by atoms with Crippen LogP contribution in [0.15, 0.2) is 101 Å². The maximum absolute atomic E-state index is 13.9. The first-order valence-corrected chi connectivity index (χ1v) is 11.5. The molecule has 1 saturated carbocycles. The van der Waals surface area contributed by atoms with E-state index >= 15 is 0 Å². The molecular formula is C29H24ClN3O2. The van der Waals surface area contributed by atoms with E-state index in [1.165, 1.54) is 0 Å². The van der Waals surface area contributed by atoms with Gasteiger partial charge >= 0.3 is 0 Å². The zero-order valence-corrected chi connectivity index (χ0v) is 19.8. The zero-order valence-electron chi connectivity index (χ0n) is 19.0. The normalized spacial score (nSPS) is 14.2. The third kappa shape index (κ3) is 3.93. The van der Waals surface area contributed by atoms with Gasteiger partial charge in [0.1, 0.15) is 11.5 Å². The minimum absolute atomic E-state index is 0. The van der Waals surface area contributed by atoms with Crippen molar-refractivity contribution in [2.45, 2.75) is 24.8 Å². The molecule has 0 saturated heterocycles. The van der Waals surface area contributed by atoms with Crippen molar-refractivity contribution in [2.75, 3.05) is 0 Å². The van der Waals surface area contributed by atoms with Crippen molar-refractivity contribution in [1.29, 1.82) is 0 Å². The van der Waals surface area contributed by atoms with E-state index in [0.29, 0.717) is 28.0 Å². The highest BCUT2D eigenvalue weighted by atomic mass is 35.5. The average molecular weight is 482 g/mol. The lowest BCUT2D eigenvalue weighted by atomic mass is 9.72. The Bertz CT molecular complexity index is 1550. The first kappa shape index (κ1) is 23.0. The first-order valence-electron chi connectivity index (χ1n) is 11.5. The van der Waals surface area contributed by atoms with E-state index in [9.17, 15) is 4.79 Å². The Balaban J connectivity index is 0.00000253. The fraction of sp³-hybridized carbons (Fsp3) is 0.138. The Morgan fingerprint density at radius 3 is 2.23 bits per heavy atom. The van der Waals surface area contributed by atoms with E-state index in [2.05, 4.69) is 9.97 Å². The molecule has 3 heterocycles. The van der Waals surface area contributed by atoms with Crippen LogP contribution < -0.4 is 11.2 Å². The molecule has 1 aliphatic carbocycles. The molecule has 0 radical (unpaired) electrons. The smallest absolute Gasteiger partial charge is 0.201 e. The fourth-order valence-electron chi connectivity index (χ4n) is 4.70. The van der Waals surface area contributed by atoms with Crippen LogP contribution in [0.5, 0.6) is 0 Å². The number of hydrogen-bond acceptors (Lipinski definition) is 5. The first-order chi connectivity index (χ1) is 16.6. The SMILES string of the molecule is Cl.NC1(c2ccc(-c3c(-c4ccccc4)oc4c(-c5cccnc5)nccc4c3=O)cc2)CCC1. The number of rotatable bonds is 4. The van der Waals surface area contributed by atoms with Crippen molar-refractivity contribution in [1.82, 2.24) is 9.97 Å². The molecule has 6 heteroatoms. The summed E-state index contributed by atoms with van der Waals surface area (Å²) in [6.45, 7) is 0. The zero-order chi connectivity index (χ0) is 23.1. The predicted octanol–water partition coefficient (Wildman–Crippen LogP) is 6.34.